The summed E-state index contributed by atoms with van der Waals surface area (Å²) in [4.78, 5) is 17.2. The summed E-state index contributed by atoms with van der Waals surface area (Å²) < 4.78 is 0. The van der Waals surface area contributed by atoms with Crippen LogP contribution in [0.4, 0.5) is 0 Å². The van der Waals surface area contributed by atoms with E-state index in [2.05, 4.69) is 65.5 Å². The smallest absolute Gasteiger partial charge is 0.116 e. The molecule has 0 spiro atoms. The molecule has 0 atom stereocenters. The number of pyridine rings is 3. The van der Waals surface area contributed by atoms with Gasteiger partial charge in [0.1, 0.15) is 5.69 Å². The van der Waals surface area contributed by atoms with Gasteiger partial charge in [-0.15, -0.1) is 0 Å². The molecule has 0 aliphatic heterocycles. The van der Waals surface area contributed by atoms with Crippen molar-refractivity contribution in [1.29, 1.82) is 0 Å². The molecule has 1 aliphatic rings. The zero-order valence-corrected chi connectivity index (χ0v) is 21.2. The number of H-pyrrole nitrogens is 2. The van der Waals surface area contributed by atoms with E-state index in [1.54, 1.807) is 11.3 Å². The highest BCUT2D eigenvalue weighted by molar-refractivity contribution is 7.08. The lowest BCUT2D eigenvalue weighted by Crippen LogP contribution is -2.20. The molecule has 3 N–H and O–H groups in total. The van der Waals surface area contributed by atoms with E-state index in [0.29, 0.717) is 0 Å². The third-order valence-corrected chi connectivity index (χ3v) is 8.09. The van der Waals surface area contributed by atoms with Gasteiger partial charge in [0.15, 0.2) is 0 Å². The van der Waals surface area contributed by atoms with Crippen LogP contribution in [0, 0.1) is 5.92 Å². The third-order valence-electron chi connectivity index (χ3n) is 7.41. The van der Waals surface area contributed by atoms with Crippen molar-refractivity contribution >= 4 is 33.1 Å². The van der Waals surface area contributed by atoms with Crippen molar-refractivity contribution in [3.05, 3.63) is 71.6 Å². The summed E-state index contributed by atoms with van der Waals surface area (Å²) in [5.41, 5.74) is 9.08. The van der Waals surface area contributed by atoms with E-state index >= 15 is 0 Å². The molecule has 0 unspecified atom stereocenters. The molecule has 1 aliphatic carbocycles. The van der Waals surface area contributed by atoms with Crippen LogP contribution in [0.25, 0.3) is 55.6 Å². The molecule has 0 amide bonds. The maximum absolute atomic E-state index is 4.71. The fourth-order valence-corrected chi connectivity index (χ4v) is 6.12. The number of nitrogens with one attached hydrogen (secondary N) is 3. The van der Waals surface area contributed by atoms with Gasteiger partial charge < -0.3 is 10.3 Å². The standard InChI is InChI=1S/C29H27N7S/c1-2-4-18(3-1)10-30-11-19-7-21(13-31-12-19)25-9-23-28(16-33-25)35-36-29(23)26-8-22-24(20-5-6-37-17-20)14-32-15-27(22)34-26/h5-9,12-18,30,34H,1-4,10-11H2,(H,35,36). The molecule has 1 saturated carbocycles. The molecule has 6 aromatic rings. The number of hydrogen-bond acceptors (Lipinski definition) is 6. The predicted molar refractivity (Wildman–Crippen MR) is 149 cm³/mol. The lowest BCUT2D eigenvalue weighted by atomic mass is 10.1. The van der Waals surface area contributed by atoms with Crippen LogP contribution in [0.3, 0.4) is 0 Å². The Morgan fingerprint density at radius 2 is 1.84 bits per heavy atom. The number of thiophene rings is 1. The molecule has 7 nitrogen and oxygen atoms in total. The summed E-state index contributed by atoms with van der Waals surface area (Å²) in [6.07, 6.45) is 14.9. The van der Waals surface area contributed by atoms with Crippen molar-refractivity contribution in [3.63, 3.8) is 0 Å². The van der Waals surface area contributed by atoms with Crippen molar-refractivity contribution in [2.24, 2.45) is 5.92 Å². The minimum Gasteiger partial charge on any atom is -0.352 e. The van der Waals surface area contributed by atoms with Crippen molar-refractivity contribution in [2.75, 3.05) is 6.54 Å². The van der Waals surface area contributed by atoms with E-state index in [4.69, 9.17) is 4.98 Å². The molecule has 37 heavy (non-hydrogen) atoms. The van der Waals surface area contributed by atoms with Crippen LogP contribution in [-0.2, 0) is 6.54 Å². The number of aromatic amines is 2. The summed E-state index contributed by atoms with van der Waals surface area (Å²) in [5.74, 6) is 0.821. The zero-order valence-electron chi connectivity index (χ0n) is 20.4. The predicted octanol–water partition coefficient (Wildman–Crippen LogP) is 6.57. The SMILES string of the molecule is c1cc(-c2cncc3[nH]c(-c4n[nH]c5cnc(-c6cncc(CNCC7CCCC7)c6)cc45)cc23)cs1. The number of hydrogen-bond donors (Lipinski definition) is 3. The van der Waals surface area contributed by atoms with Crippen LogP contribution >= 0.6 is 11.3 Å². The second kappa shape index (κ2) is 9.53. The van der Waals surface area contributed by atoms with E-state index in [1.807, 2.05) is 31.0 Å². The van der Waals surface area contributed by atoms with Crippen LogP contribution < -0.4 is 5.32 Å². The van der Waals surface area contributed by atoms with Gasteiger partial charge in [0.25, 0.3) is 0 Å². The van der Waals surface area contributed by atoms with Gasteiger partial charge in [-0.25, -0.2) is 0 Å². The first kappa shape index (κ1) is 22.3. The second-order valence-electron chi connectivity index (χ2n) is 9.89. The van der Waals surface area contributed by atoms with E-state index in [0.717, 1.165) is 69.0 Å². The molecule has 0 saturated heterocycles. The highest BCUT2D eigenvalue weighted by Crippen LogP contribution is 2.35. The van der Waals surface area contributed by atoms with Crippen LogP contribution in [0.5, 0.6) is 0 Å². The van der Waals surface area contributed by atoms with Gasteiger partial charge in [0.05, 0.1) is 34.8 Å². The van der Waals surface area contributed by atoms with Crippen molar-refractivity contribution in [3.8, 4) is 33.8 Å². The van der Waals surface area contributed by atoms with Gasteiger partial charge in [0.2, 0.25) is 0 Å². The molecule has 0 bridgehead atoms. The van der Waals surface area contributed by atoms with E-state index < -0.39 is 0 Å². The summed E-state index contributed by atoms with van der Waals surface area (Å²) in [5, 5.41) is 17.8. The Bertz CT molecular complexity index is 1680. The molecule has 8 heteroatoms. The summed E-state index contributed by atoms with van der Waals surface area (Å²) >= 11 is 1.69. The van der Waals surface area contributed by atoms with Gasteiger partial charge in [-0.2, -0.15) is 16.4 Å². The molecule has 6 aromatic heterocycles. The average molecular weight is 506 g/mol. The molecular formula is C29H27N7S. The fraction of sp³-hybridized carbons (Fsp3) is 0.241. The molecule has 7 rings (SSSR count). The van der Waals surface area contributed by atoms with E-state index in [1.165, 1.54) is 36.8 Å². The van der Waals surface area contributed by atoms with Gasteiger partial charge in [-0.3, -0.25) is 20.1 Å². The first-order chi connectivity index (χ1) is 18.3. The van der Waals surface area contributed by atoms with Crippen molar-refractivity contribution < 1.29 is 0 Å². The van der Waals surface area contributed by atoms with Crippen molar-refractivity contribution in [2.45, 2.75) is 32.2 Å². The maximum atomic E-state index is 4.71. The minimum absolute atomic E-state index is 0.821. The van der Waals surface area contributed by atoms with Gasteiger partial charge in [-0.1, -0.05) is 12.8 Å². The summed E-state index contributed by atoms with van der Waals surface area (Å²) in [6.45, 7) is 1.91. The molecule has 1 fully saturated rings. The molecule has 6 heterocycles. The highest BCUT2D eigenvalue weighted by Gasteiger charge is 2.16. The first-order valence-corrected chi connectivity index (χ1v) is 13.7. The first-order valence-electron chi connectivity index (χ1n) is 12.8. The molecular weight excluding hydrogens is 478 g/mol. The second-order valence-corrected chi connectivity index (χ2v) is 10.7. The minimum atomic E-state index is 0.821. The van der Waals surface area contributed by atoms with Crippen LogP contribution in [0.15, 0.2) is 66.0 Å². The lowest BCUT2D eigenvalue weighted by Gasteiger charge is -2.11. The normalized spacial score (nSPS) is 14.3. The number of aromatic nitrogens is 6. The maximum Gasteiger partial charge on any atom is 0.116 e. The summed E-state index contributed by atoms with van der Waals surface area (Å²) in [7, 11) is 0. The number of nitrogens with zero attached hydrogens (tertiary/aromatic N) is 4. The Morgan fingerprint density at radius 1 is 0.919 bits per heavy atom. The van der Waals surface area contributed by atoms with Crippen LogP contribution in [0.2, 0.25) is 0 Å². The Balaban J connectivity index is 1.20. The Labute approximate surface area is 218 Å². The topological polar surface area (TPSA) is 95.2 Å². The van der Waals surface area contributed by atoms with E-state index in [9.17, 15) is 0 Å². The number of rotatable bonds is 7. The van der Waals surface area contributed by atoms with Gasteiger partial charge >= 0.3 is 0 Å². The Hall–Kier alpha value is -3.88. The van der Waals surface area contributed by atoms with Crippen LogP contribution in [-0.4, -0.2) is 36.7 Å². The third kappa shape index (κ3) is 4.32. The monoisotopic (exact) mass is 505 g/mol. The quantitative estimate of drug-likeness (QED) is 0.228. The van der Waals surface area contributed by atoms with Crippen LogP contribution in [0.1, 0.15) is 31.2 Å². The lowest BCUT2D eigenvalue weighted by molar-refractivity contribution is 0.489. The van der Waals surface area contributed by atoms with E-state index in [-0.39, 0.29) is 0 Å². The molecule has 184 valence electrons. The van der Waals surface area contributed by atoms with Gasteiger partial charge in [-0.05, 0) is 71.5 Å². The highest BCUT2D eigenvalue weighted by atomic mass is 32.1. The fourth-order valence-electron chi connectivity index (χ4n) is 5.47. The zero-order chi connectivity index (χ0) is 24.6. The Morgan fingerprint density at radius 3 is 2.73 bits per heavy atom. The Kier molecular flexibility index (Phi) is 5.75. The number of fused-ring (bicyclic) bond motifs is 2. The molecule has 0 radical (unpaired) electrons. The molecule has 0 aromatic carbocycles. The van der Waals surface area contributed by atoms with Gasteiger partial charge in [0, 0.05) is 47.0 Å². The largest absolute Gasteiger partial charge is 0.352 e. The summed E-state index contributed by atoms with van der Waals surface area (Å²) in [6, 6.07) is 8.58. The van der Waals surface area contributed by atoms with Crippen molar-refractivity contribution in [1.82, 2.24) is 35.5 Å². The average Bonchev–Trinajstić information content (AvgIpc) is 3.74.